The Kier molecular flexibility index (Phi) is 7.34. The summed E-state index contributed by atoms with van der Waals surface area (Å²) in [6.07, 6.45) is 0.650. The van der Waals surface area contributed by atoms with Gasteiger partial charge in [-0.15, -0.1) is 11.3 Å². The fourth-order valence-corrected chi connectivity index (χ4v) is 4.24. The number of amides is 1. The van der Waals surface area contributed by atoms with E-state index in [1.807, 2.05) is 35.7 Å². The first-order chi connectivity index (χ1) is 16.6. The van der Waals surface area contributed by atoms with Gasteiger partial charge in [-0.3, -0.25) is 9.59 Å². The minimum atomic E-state index is -0.193. The van der Waals surface area contributed by atoms with E-state index in [9.17, 15) is 9.59 Å². The van der Waals surface area contributed by atoms with E-state index in [0.717, 1.165) is 16.3 Å². The number of carbonyl (C=O) groups excluding carboxylic acids is 2. The number of ketones is 1. The molecule has 4 rings (SSSR count). The monoisotopic (exact) mass is 472 g/mol. The van der Waals surface area contributed by atoms with Crippen LogP contribution in [0, 0.1) is 0 Å². The molecule has 0 aliphatic rings. The number of rotatable bonds is 9. The summed E-state index contributed by atoms with van der Waals surface area (Å²) in [4.78, 5) is 30.1. The lowest BCUT2D eigenvalue weighted by atomic mass is 10.0. The number of nitrogens with one attached hydrogen (secondary N) is 1. The number of hydrogen-bond donors (Lipinski definition) is 1. The molecule has 0 saturated carbocycles. The molecule has 0 aliphatic carbocycles. The van der Waals surface area contributed by atoms with Gasteiger partial charge >= 0.3 is 0 Å². The zero-order chi connectivity index (χ0) is 23.9. The normalized spacial score (nSPS) is 10.5. The molecule has 0 atom stereocenters. The van der Waals surface area contributed by atoms with Crippen molar-refractivity contribution in [2.45, 2.75) is 6.42 Å². The van der Waals surface area contributed by atoms with Crippen molar-refractivity contribution in [1.29, 1.82) is 0 Å². The summed E-state index contributed by atoms with van der Waals surface area (Å²) in [5.74, 6) is 0.702. The lowest BCUT2D eigenvalue weighted by Crippen LogP contribution is -2.25. The third kappa shape index (κ3) is 5.50. The van der Waals surface area contributed by atoms with Gasteiger partial charge in [0, 0.05) is 46.7 Å². The predicted molar refractivity (Wildman–Crippen MR) is 133 cm³/mol. The molecule has 0 aliphatic heterocycles. The van der Waals surface area contributed by atoms with E-state index in [-0.39, 0.29) is 11.7 Å². The molecular formula is C27H24N2O4S. The Morgan fingerprint density at radius 2 is 1.50 bits per heavy atom. The fraction of sp³-hybridized carbons (Fsp3) is 0.148. The first kappa shape index (κ1) is 23.2. The maximum Gasteiger partial charge on any atom is 0.251 e. The van der Waals surface area contributed by atoms with E-state index in [2.05, 4.69) is 10.3 Å². The van der Waals surface area contributed by atoms with Crippen LogP contribution in [0.25, 0.3) is 11.3 Å². The molecule has 0 spiro atoms. The van der Waals surface area contributed by atoms with E-state index < -0.39 is 0 Å². The van der Waals surface area contributed by atoms with Gasteiger partial charge in [-0.2, -0.15) is 0 Å². The van der Waals surface area contributed by atoms with Gasteiger partial charge in [-0.1, -0.05) is 42.5 Å². The van der Waals surface area contributed by atoms with Gasteiger partial charge in [-0.05, 0) is 24.3 Å². The largest absolute Gasteiger partial charge is 0.497 e. The maximum atomic E-state index is 12.9. The lowest BCUT2D eigenvalue weighted by Gasteiger charge is -2.09. The van der Waals surface area contributed by atoms with E-state index in [4.69, 9.17) is 9.47 Å². The zero-order valence-electron chi connectivity index (χ0n) is 18.9. The van der Waals surface area contributed by atoms with Gasteiger partial charge in [0.15, 0.2) is 5.78 Å². The Hall–Kier alpha value is -3.97. The first-order valence-electron chi connectivity index (χ1n) is 10.7. The van der Waals surface area contributed by atoms with Crippen molar-refractivity contribution >= 4 is 23.0 Å². The van der Waals surface area contributed by atoms with Crippen LogP contribution in [-0.2, 0) is 6.42 Å². The molecule has 1 heterocycles. The Morgan fingerprint density at radius 1 is 0.853 bits per heavy atom. The third-order valence-corrected chi connectivity index (χ3v) is 6.18. The molecule has 1 amide bonds. The summed E-state index contributed by atoms with van der Waals surface area (Å²) >= 11 is 1.58. The standard InChI is InChI=1S/C27H24N2O4S/c1-32-22-14-21(15-23(16-22)33-2)26(30)19-8-10-20(11-9-19)27(31)28-13-12-25-29-24(17-34-25)18-6-4-3-5-7-18/h3-11,14-17H,12-13H2,1-2H3,(H,28,31). The summed E-state index contributed by atoms with van der Waals surface area (Å²) in [5.41, 5.74) is 3.44. The molecule has 3 aromatic carbocycles. The zero-order valence-corrected chi connectivity index (χ0v) is 19.7. The van der Waals surface area contributed by atoms with Crippen molar-refractivity contribution in [1.82, 2.24) is 10.3 Å². The molecule has 34 heavy (non-hydrogen) atoms. The first-order valence-corrected chi connectivity index (χ1v) is 11.6. The number of benzene rings is 3. The minimum Gasteiger partial charge on any atom is -0.497 e. The molecule has 4 aromatic rings. The summed E-state index contributed by atoms with van der Waals surface area (Å²) < 4.78 is 10.5. The average molecular weight is 473 g/mol. The van der Waals surface area contributed by atoms with Crippen molar-refractivity contribution < 1.29 is 19.1 Å². The van der Waals surface area contributed by atoms with Crippen LogP contribution in [-0.4, -0.2) is 37.4 Å². The van der Waals surface area contributed by atoms with Crippen LogP contribution in [0.15, 0.2) is 78.2 Å². The Morgan fingerprint density at radius 3 is 2.15 bits per heavy atom. The van der Waals surface area contributed by atoms with Crippen LogP contribution in [0.1, 0.15) is 31.3 Å². The van der Waals surface area contributed by atoms with Gasteiger partial charge < -0.3 is 14.8 Å². The highest BCUT2D eigenvalue weighted by atomic mass is 32.1. The lowest BCUT2D eigenvalue weighted by molar-refractivity contribution is 0.0952. The second kappa shape index (κ2) is 10.8. The average Bonchev–Trinajstić information content (AvgIpc) is 3.37. The molecule has 0 saturated heterocycles. The molecule has 0 unspecified atom stereocenters. The van der Waals surface area contributed by atoms with Crippen LogP contribution >= 0.6 is 11.3 Å². The summed E-state index contributed by atoms with van der Waals surface area (Å²) in [5, 5.41) is 5.91. The van der Waals surface area contributed by atoms with Gasteiger partial charge in [0.2, 0.25) is 0 Å². The number of hydrogen-bond acceptors (Lipinski definition) is 6. The van der Waals surface area contributed by atoms with Crippen molar-refractivity contribution in [2.24, 2.45) is 0 Å². The Labute approximate surface area is 202 Å². The van der Waals surface area contributed by atoms with Crippen molar-refractivity contribution in [3.05, 3.63) is 99.9 Å². The highest BCUT2D eigenvalue weighted by Gasteiger charge is 2.14. The maximum absolute atomic E-state index is 12.9. The molecule has 1 N–H and O–H groups in total. The quantitative estimate of drug-likeness (QED) is 0.346. The SMILES string of the molecule is COc1cc(OC)cc(C(=O)c2ccc(C(=O)NCCc3nc(-c4ccccc4)cs3)cc2)c1. The number of nitrogens with zero attached hydrogens (tertiary/aromatic N) is 1. The highest BCUT2D eigenvalue weighted by Crippen LogP contribution is 2.25. The molecule has 6 nitrogen and oxygen atoms in total. The molecule has 0 bridgehead atoms. The number of carbonyl (C=O) groups is 2. The predicted octanol–water partition coefficient (Wildman–Crippen LogP) is 5.03. The Balaban J connectivity index is 1.34. The summed E-state index contributed by atoms with van der Waals surface area (Å²) in [7, 11) is 3.07. The molecular weight excluding hydrogens is 448 g/mol. The number of methoxy groups -OCH3 is 2. The number of ether oxygens (including phenoxy) is 2. The third-order valence-electron chi connectivity index (χ3n) is 5.27. The summed E-state index contributed by atoms with van der Waals surface area (Å²) in [6, 6.07) is 21.6. The minimum absolute atomic E-state index is 0.179. The molecule has 172 valence electrons. The molecule has 7 heteroatoms. The van der Waals surface area contributed by atoms with Gasteiger partial charge in [0.1, 0.15) is 11.5 Å². The van der Waals surface area contributed by atoms with Gasteiger partial charge in [0.25, 0.3) is 5.91 Å². The van der Waals surface area contributed by atoms with Crippen LogP contribution in [0.4, 0.5) is 0 Å². The van der Waals surface area contributed by atoms with Crippen LogP contribution in [0.3, 0.4) is 0 Å². The molecule has 1 aromatic heterocycles. The van der Waals surface area contributed by atoms with Crippen molar-refractivity contribution in [2.75, 3.05) is 20.8 Å². The summed E-state index contributed by atoms with van der Waals surface area (Å²) in [6.45, 7) is 0.477. The van der Waals surface area contributed by atoms with Gasteiger partial charge in [0.05, 0.1) is 24.9 Å². The van der Waals surface area contributed by atoms with E-state index in [1.165, 1.54) is 14.2 Å². The van der Waals surface area contributed by atoms with E-state index >= 15 is 0 Å². The van der Waals surface area contributed by atoms with Crippen LogP contribution in [0.2, 0.25) is 0 Å². The van der Waals surface area contributed by atoms with Crippen molar-refractivity contribution in [3.8, 4) is 22.8 Å². The Bertz CT molecular complexity index is 1260. The van der Waals surface area contributed by atoms with Crippen LogP contribution < -0.4 is 14.8 Å². The smallest absolute Gasteiger partial charge is 0.251 e. The van der Waals surface area contributed by atoms with Gasteiger partial charge in [-0.25, -0.2) is 4.98 Å². The molecule has 0 fully saturated rings. The topological polar surface area (TPSA) is 77.5 Å². The molecule has 0 radical (unpaired) electrons. The second-order valence-electron chi connectivity index (χ2n) is 7.51. The second-order valence-corrected chi connectivity index (χ2v) is 8.45. The fourth-order valence-electron chi connectivity index (χ4n) is 3.43. The van der Waals surface area contributed by atoms with Crippen LogP contribution in [0.5, 0.6) is 11.5 Å². The number of aromatic nitrogens is 1. The van der Waals surface area contributed by atoms with E-state index in [1.54, 1.807) is 53.8 Å². The highest BCUT2D eigenvalue weighted by molar-refractivity contribution is 7.09. The van der Waals surface area contributed by atoms with Crippen molar-refractivity contribution in [3.63, 3.8) is 0 Å². The van der Waals surface area contributed by atoms with E-state index in [0.29, 0.717) is 41.2 Å². The number of thiazole rings is 1.